The van der Waals surface area contributed by atoms with Gasteiger partial charge in [-0.3, -0.25) is 0 Å². The summed E-state index contributed by atoms with van der Waals surface area (Å²) in [7, 11) is 0. The Morgan fingerprint density at radius 1 is 1.05 bits per heavy atom. The van der Waals surface area contributed by atoms with Crippen molar-refractivity contribution in [3.05, 3.63) is 57.6 Å². The van der Waals surface area contributed by atoms with E-state index in [1.807, 2.05) is 37.3 Å². The van der Waals surface area contributed by atoms with Gasteiger partial charge in [0.25, 0.3) is 0 Å². The average molecular weight is 320 g/mol. The molecule has 2 nitrogen and oxygen atoms in total. The summed E-state index contributed by atoms with van der Waals surface area (Å²) in [6.45, 7) is 6.08. The molecule has 0 bridgehead atoms. The maximum Gasteiger partial charge on any atom is 0.133 e. The van der Waals surface area contributed by atoms with Crippen molar-refractivity contribution in [2.75, 3.05) is 0 Å². The van der Waals surface area contributed by atoms with Crippen molar-refractivity contribution >= 4 is 15.9 Å². The van der Waals surface area contributed by atoms with Crippen LogP contribution in [0.4, 0.5) is 0 Å². The molecule has 0 aliphatic carbocycles. The minimum atomic E-state index is -0.0611. The number of aryl methyl sites for hydroxylation is 2. The van der Waals surface area contributed by atoms with Gasteiger partial charge in [-0.1, -0.05) is 28.1 Å². The van der Waals surface area contributed by atoms with E-state index in [4.69, 9.17) is 10.5 Å². The van der Waals surface area contributed by atoms with Crippen LogP contribution in [0.25, 0.3) is 0 Å². The fourth-order valence-corrected chi connectivity index (χ4v) is 2.43. The van der Waals surface area contributed by atoms with E-state index in [9.17, 15) is 0 Å². The molecular formula is C16H18BrNO. The van der Waals surface area contributed by atoms with Crippen LogP contribution in [-0.4, -0.2) is 0 Å². The fourth-order valence-electron chi connectivity index (χ4n) is 2.09. The predicted molar refractivity (Wildman–Crippen MR) is 82.7 cm³/mol. The Balaban J connectivity index is 2.39. The van der Waals surface area contributed by atoms with Gasteiger partial charge in [0.05, 0.1) is 0 Å². The van der Waals surface area contributed by atoms with Gasteiger partial charge in [0.2, 0.25) is 0 Å². The average Bonchev–Trinajstić information content (AvgIpc) is 2.26. The van der Waals surface area contributed by atoms with Crippen LogP contribution >= 0.6 is 15.9 Å². The normalized spacial score (nSPS) is 12.3. The fraction of sp³-hybridized carbons (Fsp3) is 0.250. The second-order valence-corrected chi connectivity index (χ2v) is 5.81. The molecule has 3 heteroatoms. The Morgan fingerprint density at radius 2 is 1.68 bits per heavy atom. The molecule has 2 aromatic carbocycles. The highest BCUT2D eigenvalue weighted by Gasteiger charge is 2.10. The van der Waals surface area contributed by atoms with Gasteiger partial charge in [-0.2, -0.15) is 0 Å². The summed E-state index contributed by atoms with van der Waals surface area (Å²) in [6, 6.07) is 12.0. The molecule has 19 heavy (non-hydrogen) atoms. The third-order valence-corrected chi connectivity index (χ3v) is 3.38. The van der Waals surface area contributed by atoms with Gasteiger partial charge >= 0.3 is 0 Å². The summed E-state index contributed by atoms with van der Waals surface area (Å²) in [5.74, 6) is 1.65. The molecule has 0 saturated heterocycles. The Bertz CT molecular complexity index is 573. The zero-order chi connectivity index (χ0) is 14.0. The third kappa shape index (κ3) is 3.58. The van der Waals surface area contributed by atoms with Gasteiger partial charge in [0, 0.05) is 16.1 Å². The molecule has 0 aliphatic heterocycles. The van der Waals surface area contributed by atoms with Crippen LogP contribution < -0.4 is 10.5 Å². The first-order valence-electron chi connectivity index (χ1n) is 6.27. The lowest BCUT2D eigenvalue weighted by Gasteiger charge is -2.15. The third-order valence-electron chi connectivity index (χ3n) is 2.89. The molecule has 0 aliphatic rings. The summed E-state index contributed by atoms with van der Waals surface area (Å²) in [5, 5.41) is 0. The van der Waals surface area contributed by atoms with E-state index in [2.05, 4.69) is 35.8 Å². The van der Waals surface area contributed by atoms with Gasteiger partial charge in [-0.25, -0.2) is 0 Å². The van der Waals surface area contributed by atoms with Crippen molar-refractivity contribution in [1.82, 2.24) is 0 Å². The SMILES string of the molecule is Cc1cc(C)cc(Oc2cc(Br)ccc2C(C)N)c1. The summed E-state index contributed by atoms with van der Waals surface area (Å²) < 4.78 is 6.99. The second kappa shape index (κ2) is 5.76. The highest BCUT2D eigenvalue weighted by molar-refractivity contribution is 9.10. The molecule has 1 unspecified atom stereocenters. The molecule has 2 rings (SSSR count). The van der Waals surface area contributed by atoms with Gasteiger partial charge in [-0.15, -0.1) is 0 Å². The lowest BCUT2D eigenvalue weighted by atomic mass is 10.1. The van der Waals surface area contributed by atoms with Crippen LogP contribution in [0.1, 0.15) is 29.7 Å². The van der Waals surface area contributed by atoms with Crippen LogP contribution in [0.15, 0.2) is 40.9 Å². The Labute approximate surface area is 122 Å². The first-order chi connectivity index (χ1) is 8.95. The lowest BCUT2D eigenvalue weighted by molar-refractivity contribution is 0.471. The molecule has 2 aromatic rings. The summed E-state index contributed by atoms with van der Waals surface area (Å²) in [6.07, 6.45) is 0. The van der Waals surface area contributed by atoms with Crippen LogP contribution in [0.5, 0.6) is 11.5 Å². The zero-order valence-corrected chi connectivity index (χ0v) is 13.0. The number of ether oxygens (including phenoxy) is 1. The maximum atomic E-state index is 6.00. The molecule has 0 heterocycles. The van der Waals surface area contributed by atoms with E-state index in [1.54, 1.807) is 0 Å². The molecule has 0 radical (unpaired) electrons. The standard InChI is InChI=1S/C16H18BrNO/c1-10-6-11(2)8-14(7-10)19-16-9-13(17)4-5-15(16)12(3)18/h4-9,12H,18H2,1-3H3. The molecule has 0 spiro atoms. The van der Waals surface area contributed by atoms with Crippen LogP contribution in [0.3, 0.4) is 0 Å². The Hall–Kier alpha value is -1.32. The summed E-state index contributed by atoms with van der Waals surface area (Å²) >= 11 is 3.47. The predicted octanol–water partition coefficient (Wildman–Crippen LogP) is 4.88. The lowest BCUT2D eigenvalue weighted by Crippen LogP contribution is -2.06. The first-order valence-corrected chi connectivity index (χ1v) is 7.06. The van der Waals surface area contributed by atoms with E-state index in [1.165, 1.54) is 11.1 Å². The van der Waals surface area contributed by atoms with Gasteiger partial charge in [0.1, 0.15) is 11.5 Å². The first kappa shape index (κ1) is 14.1. The van der Waals surface area contributed by atoms with E-state index >= 15 is 0 Å². The number of rotatable bonds is 3. The second-order valence-electron chi connectivity index (χ2n) is 4.90. The highest BCUT2D eigenvalue weighted by atomic mass is 79.9. The molecule has 0 fully saturated rings. The van der Waals surface area contributed by atoms with Crippen molar-refractivity contribution in [3.8, 4) is 11.5 Å². The maximum absolute atomic E-state index is 6.00. The monoisotopic (exact) mass is 319 g/mol. The molecule has 100 valence electrons. The van der Waals surface area contributed by atoms with Crippen molar-refractivity contribution in [2.24, 2.45) is 5.73 Å². The Morgan fingerprint density at radius 3 is 2.26 bits per heavy atom. The number of benzene rings is 2. The van der Waals surface area contributed by atoms with Gasteiger partial charge in [0.15, 0.2) is 0 Å². The van der Waals surface area contributed by atoms with Crippen LogP contribution in [0.2, 0.25) is 0 Å². The molecule has 0 amide bonds. The Kier molecular flexibility index (Phi) is 4.27. The van der Waals surface area contributed by atoms with Crippen LogP contribution in [-0.2, 0) is 0 Å². The van der Waals surface area contributed by atoms with E-state index in [-0.39, 0.29) is 6.04 Å². The minimum absolute atomic E-state index is 0.0611. The zero-order valence-electron chi connectivity index (χ0n) is 11.4. The van der Waals surface area contributed by atoms with Crippen LogP contribution in [0, 0.1) is 13.8 Å². The smallest absolute Gasteiger partial charge is 0.133 e. The van der Waals surface area contributed by atoms with Gasteiger partial charge in [-0.05, 0) is 56.2 Å². The number of hydrogen-bond acceptors (Lipinski definition) is 2. The summed E-state index contributed by atoms with van der Waals surface area (Å²) in [5.41, 5.74) is 9.36. The molecule has 1 atom stereocenters. The topological polar surface area (TPSA) is 35.2 Å². The molecule has 0 aromatic heterocycles. The van der Waals surface area contributed by atoms with E-state index < -0.39 is 0 Å². The van der Waals surface area contributed by atoms with Gasteiger partial charge < -0.3 is 10.5 Å². The van der Waals surface area contributed by atoms with Crippen molar-refractivity contribution in [1.29, 1.82) is 0 Å². The number of hydrogen-bond donors (Lipinski definition) is 1. The molecular weight excluding hydrogens is 302 g/mol. The van der Waals surface area contributed by atoms with Crippen molar-refractivity contribution in [3.63, 3.8) is 0 Å². The van der Waals surface area contributed by atoms with E-state index in [0.29, 0.717) is 0 Å². The van der Waals surface area contributed by atoms with E-state index in [0.717, 1.165) is 21.5 Å². The van der Waals surface area contributed by atoms with Crippen molar-refractivity contribution in [2.45, 2.75) is 26.8 Å². The molecule has 2 N–H and O–H groups in total. The number of halogens is 1. The summed E-state index contributed by atoms with van der Waals surface area (Å²) in [4.78, 5) is 0. The highest BCUT2D eigenvalue weighted by Crippen LogP contribution is 2.32. The largest absolute Gasteiger partial charge is 0.457 e. The minimum Gasteiger partial charge on any atom is -0.457 e. The van der Waals surface area contributed by atoms with Crippen molar-refractivity contribution < 1.29 is 4.74 Å². The number of nitrogens with two attached hydrogens (primary N) is 1. The molecule has 0 saturated carbocycles. The quantitative estimate of drug-likeness (QED) is 0.875.